The molecule has 0 aliphatic heterocycles. The number of nitrogens with one attached hydrogen (secondary N) is 1. The third kappa shape index (κ3) is 3.25. The normalized spacial score (nSPS) is 15.1. The highest BCUT2D eigenvalue weighted by Crippen LogP contribution is 2.21. The van der Waals surface area contributed by atoms with Gasteiger partial charge in [-0.3, -0.25) is 4.79 Å². The van der Waals surface area contributed by atoms with Crippen molar-refractivity contribution < 1.29 is 4.79 Å². The lowest BCUT2D eigenvalue weighted by Crippen LogP contribution is -2.31. The van der Waals surface area contributed by atoms with Gasteiger partial charge in [0, 0.05) is 23.8 Å². The summed E-state index contributed by atoms with van der Waals surface area (Å²) >= 11 is 0. The molecule has 6 heteroatoms. The first-order valence-electron chi connectivity index (χ1n) is 8.18. The smallest absolute Gasteiger partial charge is 0.243 e. The van der Waals surface area contributed by atoms with Gasteiger partial charge in [-0.25, -0.2) is 15.0 Å². The fraction of sp³-hybridized carbons (Fsp3) is 0.529. The zero-order valence-corrected chi connectivity index (χ0v) is 14.0. The molecule has 1 N–H and O–H groups in total. The molecule has 2 aromatic heterocycles. The van der Waals surface area contributed by atoms with Crippen LogP contribution < -0.4 is 5.32 Å². The van der Waals surface area contributed by atoms with Crippen molar-refractivity contribution in [1.82, 2.24) is 24.8 Å². The van der Waals surface area contributed by atoms with Crippen molar-refractivity contribution in [2.75, 3.05) is 0 Å². The largest absolute Gasteiger partial charge is 0.347 e. The molecule has 3 rings (SSSR count). The van der Waals surface area contributed by atoms with Crippen molar-refractivity contribution in [3.05, 3.63) is 41.0 Å². The van der Waals surface area contributed by atoms with Crippen LogP contribution in [0.5, 0.6) is 0 Å². The van der Waals surface area contributed by atoms with Crippen molar-refractivity contribution in [3.63, 3.8) is 0 Å². The van der Waals surface area contributed by atoms with Gasteiger partial charge in [-0.05, 0) is 52.0 Å². The summed E-state index contributed by atoms with van der Waals surface area (Å²) in [4.78, 5) is 25.7. The summed E-state index contributed by atoms with van der Waals surface area (Å²) in [6.45, 7) is 6.16. The van der Waals surface area contributed by atoms with Crippen LogP contribution in [0.4, 0.5) is 0 Å². The van der Waals surface area contributed by atoms with Gasteiger partial charge in [0.15, 0.2) is 0 Å². The predicted octanol–water partition coefficient (Wildman–Crippen LogP) is 2.05. The minimum atomic E-state index is -0.295. The molecule has 1 aliphatic carbocycles. The summed E-state index contributed by atoms with van der Waals surface area (Å²) in [6.07, 6.45) is 8.02. The number of nitrogens with zero attached hydrogens (tertiary/aromatic N) is 4. The molecular formula is C17H23N5O. The summed E-state index contributed by atoms with van der Waals surface area (Å²) in [5.74, 6) is 1.48. The second-order valence-corrected chi connectivity index (χ2v) is 6.13. The Bertz CT molecular complexity index is 722. The molecule has 1 atom stereocenters. The molecule has 0 saturated carbocycles. The molecule has 2 heterocycles. The Kier molecular flexibility index (Phi) is 4.41. The molecule has 6 nitrogen and oxygen atoms in total. The van der Waals surface area contributed by atoms with Crippen LogP contribution in [0.15, 0.2) is 12.4 Å². The number of hydrogen-bond acceptors (Lipinski definition) is 4. The van der Waals surface area contributed by atoms with Crippen LogP contribution in [0.2, 0.25) is 0 Å². The van der Waals surface area contributed by atoms with Crippen LogP contribution in [0.1, 0.15) is 54.4 Å². The monoisotopic (exact) mass is 313 g/mol. The number of amides is 1. The van der Waals surface area contributed by atoms with E-state index in [-0.39, 0.29) is 11.9 Å². The van der Waals surface area contributed by atoms with Gasteiger partial charge in [-0.15, -0.1) is 0 Å². The Morgan fingerprint density at radius 2 is 2.09 bits per heavy atom. The summed E-state index contributed by atoms with van der Waals surface area (Å²) < 4.78 is 1.86. The molecule has 0 bridgehead atoms. The first-order valence-corrected chi connectivity index (χ1v) is 8.18. The minimum absolute atomic E-state index is 0.0509. The average molecular weight is 313 g/mol. The lowest BCUT2D eigenvalue weighted by molar-refractivity contribution is -0.124. The van der Waals surface area contributed by atoms with Crippen LogP contribution in [-0.4, -0.2) is 25.4 Å². The van der Waals surface area contributed by atoms with E-state index >= 15 is 0 Å². The van der Waals surface area contributed by atoms with E-state index in [1.165, 1.54) is 18.4 Å². The number of rotatable bonds is 4. The highest BCUT2D eigenvalue weighted by atomic mass is 16.2. The van der Waals surface area contributed by atoms with Gasteiger partial charge in [-0.1, -0.05) is 0 Å². The van der Waals surface area contributed by atoms with Crippen LogP contribution in [-0.2, 0) is 24.2 Å². The van der Waals surface area contributed by atoms with Crippen LogP contribution in [0, 0.1) is 13.8 Å². The Balaban J connectivity index is 1.67. The van der Waals surface area contributed by atoms with Crippen LogP contribution in [0.25, 0.3) is 0 Å². The van der Waals surface area contributed by atoms with Gasteiger partial charge in [0.2, 0.25) is 5.91 Å². The number of hydrogen-bond donors (Lipinski definition) is 1. The zero-order chi connectivity index (χ0) is 16.4. The summed E-state index contributed by atoms with van der Waals surface area (Å²) in [7, 11) is 0. The van der Waals surface area contributed by atoms with Crippen LogP contribution in [0.3, 0.4) is 0 Å². The van der Waals surface area contributed by atoms with Crippen molar-refractivity contribution in [3.8, 4) is 0 Å². The van der Waals surface area contributed by atoms with Crippen molar-refractivity contribution in [1.29, 1.82) is 0 Å². The zero-order valence-electron chi connectivity index (χ0n) is 14.0. The first-order chi connectivity index (χ1) is 11.1. The maximum absolute atomic E-state index is 12.3. The molecular weight excluding hydrogens is 290 g/mol. The van der Waals surface area contributed by atoms with Gasteiger partial charge in [-0.2, -0.15) is 0 Å². The minimum Gasteiger partial charge on any atom is -0.347 e. The maximum atomic E-state index is 12.3. The number of aromatic nitrogens is 4. The molecule has 0 saturated heterocycles. The van der Waals surface area contributed by atoms with E-state index in [9.17, 15) is 4.79 Å². The van der Waals surface area contributed by atoms with Gasteiger partial charge in [0.05, 0.1) is 6.54 Å². The van der Waals surface area contributed by atoms with Gasteiger partial charge in [0.1, 0.15) is 17.7 Å². The average Bonchev–Trinajstić information content (AvgIpc) is 2.98. The molecule has 0 aromatic carbocycles. The third-order valence-corrected chi connectivity index (χ3v) is 4.52. The topological polar surface area (TPSA) is 72.7 Å². The Hall–Kier alpha value is -2.24. The summed E-state index contributed by atoms with van der Waals surface area (Å²) in [5.41, 5.74) is 3.51. The van der Waals surface area contributed by atoms with E-state index in [4.69, 9.17) is 0 Å². The Morgan fingerprint density at radius 3 is 2.83 bits per heavy atom. The molecule has 0 spiro atoms. The number of carbonyl (C=O) groups excluding carboxylic acids is 1. The van der Waals surface area contributed by atoms with Crippen molar-refractivity contribution >= 4 is 5.91 Å². The van der Waals surface area contributed by atoms with E-state index in [0.717, 1.165) is 30.1 Å². The van der Waals surface area contributed by atoms with Crippen LogP contribution >= 0.6 is 0 Å². The molecule has 1 amide bonds. The maximum Gasteiger partial charge on any atom is 0.243 e. The van der Waals surface area contributed by atoms with E-state index in [1.54, 1.807) is 6.20 Å². The molecule has 1 unspecified atom stereocenters. The quantitative estimate of drug-likeness (QED) is 0.937. The van der Waals surface area contributed by atoms with E-state index in [0.29, 0.717) is 12.4 Å². The SMILES string of the molecule is Cc1nc(CNC(=O)C(C)n2ccnc2C)nc2c1CCCC2. The number of aryl methyl sites for hydroxylation is 3. The molecule has 23 heavy (non-hydrogen) atoms. The second-order valence-electron chi connectivity index (χ2n) is 6.13. The fourth-order valence-corrected chi connectivity index (χ4v) is 3.16. The second kappa shape index (κ2) is 6.48. The van der Waals surface area contributed by atoms with Crippen molar-refractivity contribution in [2.24, 2.45) is 0 Å². The highest BCUT2D eigenvalue weighted by Gasteiger charge is 2.18. The van der Waals surface area contributed by atoms with Gasteiger partial charge >= 0.3 is 0 Å². The fourth-order valence-electron chi connectivity index (χ4n) is 3.16. The third-order valence-electron chi connectivity index (χ3n) is 4.52. The first kappa shape index (κ1) is 15.6. The number of carbonyl (C=O) groups is 1. The standard InChI is InChI=1S/C17H23N5O/c1-11-14-6-4-5-7-15(14)21-16(20-11)10-19-17(23)12(2)22-9-8-18-13(22)3/h8-9,12H,4-7,10H2,1-3H3,(H,19,23). The molecule has 122 valence electrons. The summed E-state index contributed by atoms with van der Waals surface area (Å²) in [6, 6.07) is -0.295. The van der Waals surface area contributed by atoms with E-state index < -0.39 is 0 Å². The Morgan fingerprint density at radius 1 is 1.30 bits per heavy atom. The molecule has 1 aliphatic rings. The lowest BCUT2D eigenvalue weighted by atomic mass is 9.95. The van der Waals surface area contributed by atoms with E-state index in [1.807, 2.05) is 31.5 Å². The number of fused-ring (bicyclic) bond motifs is 1. The molecule has 2 aromatic rings. The van der Waals surface area contributed by atoms with E-state index in [2.05, 4.69) is 20.3 Å². The highest BCUT2D eigenvalue weighted by molar-refractivity contribution is 5.79. The van der Waals surface area contributed by atoms with Gasteiger partial charge in [0.25, 0.3) is 0 Å². The van der Waals surface area contributed by atoms with Crippen molar-refractivity contribution in [2.45, 2.75) is 59.0 Å². The molecule has 0 radical (unpaired) electrons. The Labute approximate surface area is 136 Å². The summed E-state index contributed by atoms with van der Waals surface area (Å²) in [5, 5.41) is 2.94. The lowest BCUT2D eigenvalue weighted by Gasteiger charge is -2.18. The number of imidazole rings is 1. The predicted molar refractivity (Wildman–Crippen MR) is 86.9 cm³/mol. The molecule has 0 fully saturated rings. The van der Waals surface area contributed by atoms with Gasteiger partial charge < -0.3 is 9.88 Å².